The van der Waals surface area contributed by atoms with E-state index in [9.17, 15) is 5.11 Å². The van der Waals surface area contributed by atoms with E-state index in [0.29, 0.717) is 12.0 Å². The van der Waals surface area contributed by atoms with E-state index in [1.54, 1.807) is 0 Å². The van der Waals surface area contributed by atoms with Gasteiger partial charge >= 0.3 is 0 Å². The zero-order chi connectivity index (χ0) is 10.1. The van der Waals surface area contributed by atoms with E-state index in [1.807, 2.05) is 6.92 Å². The van der Waals surface area contributed by atoms with Gasteiger partial charge in [0.25, 0.3) is 0 Å². The van der Waals surface area contributed by atoms with Gasteiger partial charge in [-0.1, -0.05) is 0 Å². The van der Waals surface area contributed by atoms with Crippen molar-refractivity contribution in [3.8, 4) is 0 Å². The third-order valence-corrected chi connectivity index (χ3v) is 3.04. The Morgan fingerprint density at radius 3 is 2.54 bits per heavy atom. The number of hydrogen-bond donors (Lipinski definition) is 1. The predicted molar refractivity (Wildman–Crippen MR) is 53.6 cm³/mol. The van der Waals surface area contributed by atoms with Crippen molar-refractivity contribution in [3.63, 3.8) is 0 Å². The zero-order valence-electron chi connectivity index (χ0n) is 9.21. The molecule has 3 atom stereocenters. The Morgan fingerprint density at radius 2 is 2.08 bits per heavy atom. The third-order valence-electron chi connectivity index (χ3n) is 3.04. The molecule has 0 bridgehead atoms. The van der Waals surface area contributed by atoms with Crippen LogP contribution in [0.4, 0.5) is 0 Å². The van der Waals surface area contributed by atoms with Gasteiger partial charge < -0.3 is 9.84 Å². The van der Waals surface area contributed by atoms with Crippen LogP contribution in [-0.4, -0.2) is 22.9 Å². The standard InChI is InChI=1S/C11H22O2/c1-8(12)7-10-6-5-9(2)13-11(10,3)4/h8-10,12H,5-7H2,1-4H3. The van der Waals surface area contributed by atoms with E-state index in [2.05, 4.69) is 20.8 Å². The maximum absolute atomic E-state index is 9.35. The Morgan fingerprint density at radius 1 is 1.46 bits per heavy atom. The summed E-state index contributed by atoms with van der Waals surface area (Å²) in [5.41, 5.74) is -0.0609. The van der Waals surface area contributed by atoms with Gasteiger partial charge in [-0.25, -0.2) is 0 Å². The monoisotopic (exact) mass is 186 g/mol. The van der Waals surface area contributed by atoms with Crippen molar-refractivity contribution >= 4 is 0 Å². The smallest absolute Gasteiger partial charge is 0.0659 e. The molecule has 0 aliphatic carbocycles. The lowest BCUT2D eigenvalue weighted by atomic mass is 9.80. The van der Waals surface area contributed by atoms with Crippen LogP contribution in [0.25, 0.3) is 0 Å². The van der Waals surface area contributed by atoms with Gasteiger partial charge in [-0.05, 0) is 52.9 Å². The van der Waals surface area contributed by atoms with E-state index in [-0.39, 0.29) is 11.7 Å². The molecule has 13 heavy (non-hydrogen) atoms. The average molecular weight is 186 g/mol. The van der Waals surface area contributed by atoms with E-state index >= 15 is 0 Å². The van der Waals surface area contributed by atoms with Crippen LogP contribution in [0, 0.1) is 5.92 Å². The average Bonchev–Trinajstić information content (AvgIpc) is 1.93. The van der Waals surface area contributed by atoms with Crippen LogP contribution >= 0.6 is 0 Å². The molecular weight excluding hydrogens is 164 g/mol. The van der Waals surface area contributed by atoms with Crippen molar-refractivity contribution in [3.05, 3.63) is 0 Å². The molecule has 2 nitrogen and oxygen atoms in total. The number of aliphatic hydroxyl groups excluding tert-OH is 1. The molecular formula is C11H22O2. The summed E-state index contributed by atoms with van der Waals surface area (Å²) in [4.78, 5) is 0. The van der Waals surface area contributed by atoms with Crippen LogP contribution in [0.3, 0.4) is 0 Å². The quantitative estimate of drug-likeness (QED) is 0.717. The lowest BCUT2D eigenvalue weighted by Gasteiger charge is -2.42. The molecule has 3 unspecified atom stereocenters. The Bertz CT molecular complexity index is 163. The van der Waals surface area contributed by atoms with Crippen molar-refractivity contribution in [2.24, 2.45) is 5.92 Å². The molecule has 0 amide bonds. The second kappa shape index (κ2) is 3.97. The first-order valence-electron chi connectivity index (χ1n) is 5.27. The molecule has 0 radical (unpaired) electrons. The summed E-state index contributed by atoms with van der Waals surface area (Å²) in [6, 6.07) is 0. The van der Waals surface area contributed by atoms with Gasteiger partial charge in [0.15, 0.2) is 0 Å². The maximum atomic E-state index is 9.35. The van der Waals surface area contributed by atoms with Gasteiger partial charge in [-0.3, -0.25) is 0 Å². The van der Waals surface area contributed by atoms with Gasteiger partial charge in [0.05, 0.1) is 17.8 Å². The maximum Gasteiger partial charge on any atom is 0.0659 e. The number of aliphatic hydroxyl groups is 1. The summed E-state index contributed by atoms with van der Waals surface area (Å²) in [6.07, 6.45) is 3.33. The minimum absolute atomic E-state index is 0.0609. The molecule has 1 fully saturated rings. The molecule has 1 heterocycles. The summed E-state index contributed by atoms with van der Waals surface area (Å²) >= 11 is 0. The molecule has 1 rings (SSSR count). The summed E-state index contributed by atoms with van der Waals surface area (Å²) in [7, 11) is 0. The van der Waals surface area contributed by atoms with Crippen LogP contribution < -0.4 is 0 Å². The Kier molecular flexibility index (Phi) is 3.36. The second-order valence-electron chi connectivity index (χ2n) is 4.89. The van der Waals surface area contributed by atoms with Crippen molar-refractivity contribution < 1.29 is 9.84 Å². The highest BCUT2D eigenvalue weighted by atomic mass is 16.5. The molecule has 0 aromatic heterocycles. The van der Waals surface area contributed by atoms with Crippen molar-refractivity contribution in [2.75, 3.05) is 0 Å². The molecule has 78 valence electrons. The van der Waals surface area contributed by atoms with Gasteiger partial charge in [-0.2, -0.15) is 0 Å². The fraction of sp³-hybridized carbons (Fsp3) is 1.00. The fourth-order valence-corrected chi connectivity index (χ4v) is 2.27. The van der Waals surface area contributed by atoms with Crippen molar-refractivity contribution in [2.45, 2.75) is 64.8 Å². The largest absolute Gasteiger partial charge is 0.393 e. The van der Waals surface area contributed by atoms with Gasteiger partial charge in [0, 0.05) is 0 Å². The van der Waals surface area contributed by atoms with E-state index in [1.165, 1.54) is 6.42 Å². The summed E-state index contributed by atoms with van der Waals surface area (Å²) in [5, 5.41) is 9.35. The predicted octanol–water partition coefficient (Wildman–Crippen LogP) is 2.35. The van der Waals surface area contributed by atoms with E-state index in [4.69, 9.17) is 4.74 Å². The molecule has 0 aromatic carbocycles. The Balaban J connectivity index is 2.54. The minimum atomic E-state index is -0.207. The van der Waals surface area contributed by atoms with E-state index < -0.39 is 0 Å². The lowest BCUT2D eigenvalue weighted by molar-refractivity contribution is -0.141. The summed E-state index contributed by atoms with van der Waals surface area (Å²) in [6.45, 7) is 8.25. The lowest BCUT2D eigenvalue weighted by Crippen LogP contribution is -2.43. The van der Waals surface area contributed by atoms with Crippen molar-refractivity contribution in [1.29, 1.82) is 0 Å². The Hall–Kier alpha value is -0.0800. The number of hydrogen-bond acceptors (Lipinski definition) is 2. The topological polar surface area (TPSA) is 29.5 Å². The highest BCUT2D eigenvalue weighted by molar-refractivity contribution is 4.85. The molecule has 0 saturated carbocycles. The van der Waals surface area contributed by atoms with Gasteiger partial charge in [-0.15, -0.1) is 0 Å². The second-order valence-corrected chi connectivity index (χ2v) is 4.89. The van der Waals surface area contributed by atoms with Crippen LogP contribution in [0.1, 0.15) is 47.0 Å². The summed E-state index contributed by atoms with van der Waals surface area (Å²) < 4.78 is 5.88. The van der Waals surface area contributed by atoms with Crippen molar-refractivity contribution in [1.82, 2.24) is 0 Å². The zero-order valence-corrected chi connectivity index (χ0v) is 9.21. The highest BCUT2D eigenvalue weighted by Gasteiger charge is 2.36. The first-order chi connectivity index (χ1) is 5.92. The van der Waals surface area contributed by atoms with Crippen LogP contribution in [0.15, 0.2) is 0 Å². The van der Waals surface area contributed by atoms with Crippen LogP contribution in [0.2, 0.25) is 0 Å². The number of ether oxygens (including phenoxy) is 1. The Labute approximate surface area is 81.3 Å². The van der Waals surface area contributed by atoms with Crippen LogP contribution in [0.5, 0.6) is 0 Å². The number of rotatable bonds is 2. The molecule has 1 aliphatic rings. The molecule has 0 aromatic rings. The third kappa shape index (κ3) is 2.96. The van der Waals surface area contributed by atoms with Gasteiger partial charge in [0.2, 0.25) is 0 Å². The highest BCUT2D eigenvalue weighted by Crippen LogP contribution is 2.36. The first kappa shape index (κ1) is 11.0. The van der Waals surface area contributed by atoms with Crippen LogP contribution in [-0.2, 0) is 4.74 Å². The fourth-order valence-electron chi connectivity index (χ4n) is 2.27. The first-order valence-corrected chi connectivity index (χ1v) is 5.27. The molecule has 1 saturated heterocycles. The summed E-state index contributed by atoms with van der Waals surface area (Å²) in [5.74, 6) is 0.503. The molecule has 2 heteroatoms. The minimum Gasteiger partial charge on any atom is -0.393 e. The van der Waals surface area contributed by atoms with E-state index in [0.717, 1.165) is 12.8 Å². The molecule has 1 aliphatic heterocycles. The molecule has 0 spiro atoms. The normalized spacial score (nSPS) is 35.8. The van der Waals surface area contributed by atoms with Gasteiger partial charge in [0.1, 0.15) is 0 Å². The molecule has 1 N–H and O–H groups in total. The SMILES string of the molecule is CC(O)CC1CCC(C)OC1(C)C.